The number of rotatable bonds is 12. The molecule has 1 aliphatic heterocycles. The van der Waals surface area contributed by atoms with Gasteiger partial charge in [0, 0.05) is 24.3 Å². The van der Waals surface area contributed by atoms with Crippen LogP contribution in [0.25, 0.3) is 0 Å². The van der Waals surface area contributed by atoms with Crippen molar-refractivity contribution in [1.29, 1.82) is 0 Å². The maximum Gasteiger partial charge on any atom is 0.331 e. The molecule has 1 aromatic rings. The van der Waals surface area contributed by atoms with Crippen molar-refractivity contribution in [2.75, 3.05) is 6.61 Å². The molecular formula is C42H60O7. The van der Waals surface area contributed by atoms with Crippen LogP contribution >= 0.6 is 0 Å². The molecule has 270 valence electrons. The molecule has 49 heavy (non-hydrogen) atoms. The van der Waals surface area contributed by atoms with Gasteiger partial charge in [-0.25, -0.2) is 4.79 Å². The molecule has 1 unspecified atom stereocenters. The predicted octanol–water partition coefficient (Wildman–Crippen LogP) is 7.41. The van der Waals surface area contributed by atoms with Gasteiger partial charge in [0.25, 0.3) is 0 Å². The van der Waals surface area contributed by atoms with Gasteiger partial charge in [-0.15, -0.1) is 0 Å². The van der Waals surface area contributed by atoms with Crippen LogP contribution in [0.2, 0.25) is 0 Å². The summed E-state index contributed by atoms with van der Waals surface area (Å²) in [6, 6.07) is 10.5. The van der Waals surface area contributed by atoms with E-state index in [1.807, 2.05) is 25.1 Å². The van der Waals surface area contributed by atoms with Gasteiger partial charge in [-0.2, -0.15) is 0 Å². The molecule has 0 radical (unpaired) electrons. The lowest BCUT2D eigenvalue weighted by atomic mass is 9.31. The van der Waals surface area contributed by atoms with Crippen molar-refractivity contribution in [1.82, 2.24) is 0 Å². The zero-order chi connectivity index (χ0) is 35.1. The molecule has 3 fully saturated rings. The average molecular weight is 677 g/mol. The Morgan fingerprint density at radius 1 is 1.00 bits per heavy atom. The Labute approximate surface area is 293 Å². The molecule has 9 atom stereocenters. The molecule has 1 spiro atoms. The molecule has 0 amide bonds. The Hall–Kier alpha value is -2.48. The molecule has 3 N–H and O–H groups in total. The minimum atomic E-state index is -1.55. The first-order chi connectivity index (χ1) is 23.3. The van der Waals surface area contributed by atoms with Crippen molar-refractivity contribution < 1.29 is 34.4 Å². The highest BCUT2D eigenvalue weighted by Crippen LogP contribution is 2.75. The number of hydrogen-bond acceptors (Lipinski definition) is 7. The van der Waals surface area contributed by atoms with Crippen LogP contribution in [0.5, 0.6) is 0 Å². The zero-order valence-corrected chi connectivity index (χ0v) is 30.3. The Balaban J connectivity index is 1.42. The highest BCUT2D eigenvalue weighted by Gasteiger charge is 2.81. The lowest BCUT2D eigenvalue weighted by Gasteiger charge is -2.76. The van der Waals surface area contributed by atoms with Crippen molar-refractivity contribution >= 4 is 11.9 Å². The molecule has 7 heteroatoms. The van der Waals surface area contributed by atoms with Crippen molar-refractivity contribution in [2.24, 2.45) is 34.0 Å². The maximum atomic E-state index is 13.7. The number of fused-ring (bicyclic) bond motifs is 1. The molecule has 0 aromatic heterocycles. The normalized spacial score (nSPS) is 39.5. The monoisotopic (exact) mass is 676 g/mol. The summed E-state index contributed by atoms with van der Waals surface area (Å²) < 4.78 is 11.5. The fourth-order valence-corrected chi connectivity index (χ4v) is 11.7. The Morgan fingerprint density at radius 2 is 1.73 bits per heavy atom. The van der Waals surface area contributed by atoms with Crippen LogP contribution < -0.4 is 0 Å². The average Bonchev–Trinajstić information content (AvgIpc) is 3.50. The second-order valence-electron chi connectivity index (χ2n) is 17.1. The van der Waals surface area contributed by atoms with Crippen LogP contribution in [0.1, 0.15) is 123 Å². The standard InChI is InChI=1S/C42H60O7/c1-29(12-11-15-31-13-7-5-8-14-31)18-22-40(46)25-24-38(3)27-34(49-30(2)43)37-39(4,33-16-9-6-10-17-33)21-20-35(44)42(37,40)41(38,47)23-19-32-26-36(45)48-28-32/h5,7-8,13-14,24-26,29,33-35,37,44,46-47H,6,9-12,15-23,27-28H2,1-4H3/t29-,34-,35+,37?,38-,39+,40-,41-,42+/m1/s1. The molecule has 3 saturated carbocycles. The Morgan fingerprint density at radius 3 is 2.41 bits per heavy atom. The molecule has 2 bridgehead atoms. The highest BCUT2D eigenvalue weighted by molar-refractivity contribution is 5.85. The van der Waals surface area contributed by atoms with E-state index in [1.165, 1.54) is 25.0 Å². The van der Waals surface area contributed by atoms with E-state index in [0.717, 1.165) is 63.4 Å². The summed E-state index contributed by atoms with van der Waals surface area (Å²) in [6.07, 6.45) is 15.9. The molecule has 6 rings (SSSR count). The zero-order valence-electron chi connectivity index (χ0n) is 30.3. The van der Waals surface area contributed by atoms with Crippen LogP contribution in [0.15, 0.2) is 54.1 Å². The van der Waals surface area contributed by atoms with E-state index < -0.39 is 40.2 Å². The molecule has 1 aromatic carbocycles. The molecule has 5 aliphatic rings. The fourth-order valence-electron chi connectivity index (χ4n) is 11.7. The number of hydrogen-bond donors (Lipinski definition) is 3. The van der Waals surface area contributed by atoms with Crippen molar-refractivity contribution in [3.63, 3.8) is 0 Å². The first kappa shape index (κ1) is 36.3. The number of aryl methyl sites for hydroxylation is 1. The summed E-state index contributed by atoms with van der Waals surface area (Å²) in [4.78, 5) is 24.9. The van der Waals surface area contributed by atoms with E-state index in [4.69, 9.17) is 9.47 Å². The van der Waals surface area contributed by atoms with Gasteiger partial charge in [0.1, 0.15) is 12.7 Å². The van der Waals surface area contributed by atoms with E-state index in [2.05, 4.69) is 38.1 Å². The van der Waals surface area contributed by atoms with Gasteiger partial charge in [0.2, 0.25) is 0 Å². The third-order valence-electron chi connectivity index (χ3n) is 14.2. The highest BCUT2D eigenvalue weighted by atomic mass is 16.5. The minimum Gasteiger partial charge on any atom is -0.462 e. The second-order valence-corrected chi connectivity index (χ2v) is 17.1. The van der Waals surface area contributed by atoms with E-state index in [9.17, 15) is 24.9 Å². The molecule has 1 heterocycles. The van der Waals surface area contributed by atoms with Crippen molar-refractivity contribution in [3.05, 3.63) is 59.7 Å². The quantitative estimate of drug-likeness (QED) is 0.156. The first-order valence-corrected chi connectivity index (χ1v) is 19.2. The number of benzene rings is 1. The number of carbonyl (C=O) groups is 2. The summed E-state index contributed by atoms with van der Waals surface area (Å²) in [5.41, 5.74) is -3.64. The smallest absolute Gasteiger partial charge is 0.331 e. The van der Waals surface area contributed by atoms with Crippen LogP contribution in [0.4, 0.5) is 0 Å². The summed E-state index contributed by atoms with van der Waals surface area (Å²) in [7, 11) is 0. The molecule has 4 aliphatic carbocycles. The number of carbonyl (C=O) groups excluding carboxylic acids is 2. The van der Waals surface area contributed by atoms with Gasteiger partial charge in [-0.05, 0) is 99.0 Å². The largest absolute Gasteiger partial charge is 0.462 e. The third-order valence-corrected chi connectivity index (χ3v) is 14.2. The number of cyclic esters (lactones) is 1. The first-order valence-electron chi connectivity index (χ1n) is 19.2. The number of aliphatic hydroxyl groups excluding tert-OH is 1. The van der Waals surface area contributed by atoms with E-state index >= 15 is 0 Å². The summed E-state index contributed by atoms with van der Waals surface area (Å²) in [6.45, 7) is 8.19. The van der Waals surface area contributed by atoms with Gasteiger partial charge >= 0.3 is 11.9 Å². The van der Waals surface area contributed by atoms with Crippen LogP contribution in [-0.4, -0.2) is 57.3 Å². The third kappa shape index (κ3) is 6.24. The van der Waals surface area contributed by atoms with E-state index in [0.29, 0.717) is 37.5 Å². The Kier molecular flexibility index (Phi) is 10.3. The van der Waals surface area contributed by atoms with Gasteiger partial charge in [0.15, 0.2) is 0 Å². The Bertz CT molecular complexity index is 1410. The van der Waals surface area contributed by atoms with Gasteiger partial charge in [-0.1, -0.05) is 88.9 Å². The number of esters is 2. The van der Waals surface area contributed by atoms with Crippen LogP contribution in [0.3, 0.4) is 0 Å². The lowest BCUT2D eigenvalue weighted by molar-refractivity contribution is -0.362. The predicted molar refractivity (Wildman–Crippen MR) is 189 cm³/mol. The SMILES string of the molecule is CC(=O)O[C@@H]1C[C@@]2(C)C=C[C@](O)(CC[C@H](C)CCCc3ccccc3)[C@]3(C1[C@](C)(C1CCCCC1)CC[C@@H]3O)[C@@]2(O)CCC1=CC(=O)OC1. The lowest BCUT2D eigenvalue weighted by Crippen LogP contribution is -2.83. The van der Waals surface area contributed by atoms with E-state index in [1.54, 1.807) is 0 Å². The maximum absolute atomic E-state index is 13.7. The summed E-state index contributed by atoms with van der Waals surface area (Å²) in [5.74, 6) is -0.555. The number of ether oxygens (including phenoxy) is 2. The number of aliphatic hydroxyl groups is 3. The summed E-state index contributed by atoms with van der Waals surface area (Å²) >= 11 is 0. The van der Waals surface area contributed by atoms with Crippen molar-refractivity contribution in [3.8, 4) is 0 Å². The fraction of sp³-hybridized carbons (Fsp3) is 0.714. The molecule has 7 nitrogen and oxygen atoms in total. The minimum absolute atomic E-state index is 0.196. The molecular weight excluding hydrogens is 616 g/mol. The second kappa shape index (κ2) is 13.9. The van der Waals surface area contributed by atoms with E-state index in [-0.39, 0.29) is 30.4 Å². The van der Waals surface area contributed by atoms with Crippen LogP contribution in [-0.2, 0) is 25.5 Å². The van der Waals surface area contributed by atoms with Crippen molar-refractivity contribution in [2.45, 2.75) is 147 Å². The molecule has 0 saturated heterocycles. The van der Waals surface area contributed by atoms with Gasteiger partial charge in [0.05, 0.1) is 22.7 Å². The van der Waals surface area contributed by atoms with Gasteiger partial charge < -0.3 is 24.8 Å². The van der Waals surface area contributed by atoms with Crippen LogP contribution in [0, 0.1) is 34.0 Å². The van der Waals surface area contributed by atoms with Gasteiger partial charge in [-0.3, -0.25) is 4.79 Å². The summed E-state index contributed by atoms with van der Waals surface area (Å²) in [5, 5.41) is 39.7. The topological polar surface area (TPSA) is 113 Å².